The fraction of sp³-hybridized carbons (Fsp3) is 0.923. The molecule has 0 aromatic carbocycles. The van der Waals surface area contributed by atoms with Crippen LogP contribution in [-0.2, 0) is 57.1 Å². The summed E-state index contributed by atoms with van der Waals surface area (Å²) in [6.45, 7) is 15.9. The van der Waals surface area contributed by atoms with Crippen LogP contribution in [0.5, 0.6) is 0 Å². The van der Waals surface area contributed by atoms with Crippen molar-refractivity contribution in [3.8, 4) is 0 Å². The lowest BCUT2D eigenvalue weighted by Crippen LogP contribution is -2.41. The standard InChI is InChI=1S/C65H121NO12/c1-8-12-16-20-26-34-44-58(45-35-27-21-17-13-9-2)76-61(70)48-38-30-24-32-40-50-66(52-42-43-53-72-65-64(75-57(7)69)63(74-56(6)68)60(78-65)54-73-55(5)67)51-41-33-25-31-39-49-62(71)77-59(46-36-28-22-18-14-10-3)47-37-29-23-19-15-11-4/h58-60,63-65H,8-54H2,1-7H3/t60-,63-,64-,65-/m1/s1. The van der Waals surface area contributed by atoms with Crippen LogP contribution in [0.4, 0.5) is 0 Å². The number of hydrogen-bond donors (Lipinski definition) is 0. The third kappa shape index (κ3) is 43.0. The third-order valence-electron chi connectivity index (χ3n) is 15.3. The minimum Gasteiger partial charge on any atom is -0.463 e. The topological polar surface area (TPSA) is 153 Å². The van der Waals surface area contributed by atoms with Crippen LogP contribution in [0.2, 0.25) is 0 Å². The molecule has 0 bridgehead atoms. The lowest BCUT2D eigenvalue weighted by molar-refractivity contribution is -0.190. The van der Waals surface area contributed by atoms with Crippen molar-refractivity contribution in [2.45, 2.75) is 355 Å². The normalized spacial score (nSPS) is 16.3. The van der Waals surface area contributed by atoms with E-state index in [0.29, 0.717) is 19.4 Å². The summed E-state index contributed by atoms with van der Waals surface area (Å²) >= 11 is 0. The molecule has 13 heteroatoms. The SMILES string of the molecule is CCCCCCCCC(CCCCCCCC)OC(=O)CCCCCCCN(CCCCCCCC(=O)OC(CCCCCCCC)CCCCCCCC)CCCCO[C@@H]1O[C@H](COC(C)=O)[C@@H](OC(C)=O)[C@H]1OC(C)=O. The molecule has 0 aliphatic carbocycles. The molecule has 0 N–H and O–H groups in total. The summed E-state index contributed by atoms with van der Waals surface area (Å²) in [7, 11) is 0. The molecule has 0 amide bonds. The van der Waals surface area contributed by atoms with Gasteiger partial charge in [-0.1, -0.05) is 195 Å². The molecule has 458 valence electrons. The van der Waals surface area contributed by atoms with Gasteiger partial charge in [0.25, 0.3) is 0 Å². The second kappa shape index (κ2) is 52.3. The van der Waals surface area contributed by atoms with E-state index >= 15 is 0 Å². The molecular formula is C65H121NO12. The summed E-state index contributed by atoms with van der Waals surface area (Å²) in [4.78, 5) is 64.3. The van der Waals surface area contributed by atoms with Crippen LogP contribution in [0.15, 0.2) is 0 Å². The van der Waals surface area contributed by atoms with Crippen LogP contribution in [0.1, 0.15) is 318 Å². The van der Waals surface area contributed by atoms with Crippen LogP contribution in [0.25, 0.3) is 0 Å². The van der Waals surface area contributed by atoms with Crippen LogP contribution < -0.4 is 0 Å². The van der Waals surface area contributed by atoms with Gasteiger partial charge in [-0.25, -0.2) is 0 Å². The number of nitrogens with zero attached hydrogens (tertiary/aromatic N) is 1. The van der Waals surface area contributed by atoms with Crippen molar-refractivity contribution in [3.05, 3.63) is 0 Å². The predicted molar refractivity (Wildman–Crippen MR) is 315 cm³/mol. The lowest BCUT2D eigenvalue weighted by atomic mass is 10.0. The molecule has 1 aliphatic heterocycles. The first-order chi connectivity index (χ1) is 37.9. The van der Waals surface area contributed by atoms with Gasteiger partial charge in [-0.05, 0) is 110 Å². The third-order valence-corrected chi connectivity index (χ3v) is 15.3. The van der Waals surface area contributed by atoms with E-state index < -0.39 is 42.5 Å². The largest absolute Gasteiger partial charge is 0.463 e. The Bertz CT molecular complexity index is 1350. The summed E-state index contributed by atoms with van der Waals surface area (Å²) in [5, 5.41) is 0. The van der Waals surface area contributed by atoms with Crippen LogP contribution in [0.3, 0.4) is 0 Å². The highest BCUT2D eigenvalue weighted by molar-refractivity contribution is 5.70. The van der Waals surface area contributed by atoms with Crippen LogP contribution in [-0.4, -0.2) is 104 Å². The van der Waals surface area contributed by atoms with Gasteiger partial charge in [-0.3, -0.25) is 24.0 Å². The second-order valence-corrected chi connectivity index (χ2v) is 22.9. The van der Waals surface area contributed by atoms with Gasteiger partial charge < -0.3 is 38.1 Å². The quantitative estimate of drug-likeness (QED) is 0.0323. The van der Waals surface area contributed by atoms with Gasteiger partial charge in [-0.2, -0.15) is 0 Å². The van der Waals surface area contributed by atoms with E-state index in [0.717, 1.165) is 148 Å². The predicted octanol–water partition coefficient (Wildman–Crippen LogP) is 16.7. The number of esters is 5. The Morgan fingerprint density at radius 1 is 0.397 bits per heavy atom. The first-order valence-electron chi connectivity index (χ1n) is 32.8. The van der Waals surface area contributed by atoms with Gasteiger partial charge in [0, 0.05) is 40.2 Å². The summed E-state index contributed by atoms with van der Waals surface area (Å²) in [5.74, 6) is -1.69. The zero-order chi connectivity index (χ0) is 57.1. The highest BCUT2D eigenvalue weighted by Crippen LogP contribution is 2.29. The molecule has 0 spiro atoms. The van der Waals surface area contributed by atoms with Crippen LogP contribution in [0, 0.1) is 0 Å². The van der Waals surface area contributed by atoms with E-state index in [-0.39, 0.29) is 30.8 Å². The number of carbonyl (C=O) groups is 5. The van der Waals surface area contributed by atoms with Crippen molar-refractivity contribution in [2.24, 2.45) is 0 Å². The smallest absolute Gasteiger partial charge is 0.306 e. The van der Waals surface area contributed by atoms with E-state index in [4.69, 9.17) is 33.2 Å². The molecular weight excluding hydrogens is 987 g/mol. The van der Waals surface area contributed by atoms with Gasteiger partial charge in [0.15, 0.2) is 18.5 Å². The van der Waals surface area contributed by atoms with E-state index in [1.807, 2.05) is 0 Å². The monoisotopic (exact) mass is 1110 g/mol. The molecule has 13 nitrogen and oxygen atoms in total. The highest BCUT2D eigenvalue weighted by Gasteiger charge is 2.50. The molecule has 0 saturated carbocycles. The Morgan fingerprint density at radius 2 is 0.731 bits per heavy atom. The minimum absolute atomic E-state index is 0.0225. The van der Waals surface area contributed by atoms with E-state index in [9.17, 15) is 24.0 Å². The van der Waals surface area contributed by atoms with Gasteiger partial charge in [0.2, 0.25) is 0 Å². The Labute approximate surface area is 477 Å². The maximum atomic E-state index is 13.0. The van der Waals surface area contributed by atoms with E-state index in [1.165, 1.54) is 149 Å². The number of ether oxygens (including phenoxy) is 7. The maximum absolute atomic E-state index is 13.0. The lowest BCUT2D eigenvalue weighted by Gasteiger charge is -2.24. The number of rotatable bonds is 56. The second-order valence-electron chi connectivity index (χ2n) is 22.9. The van der Waals surface area contributed by atoms with Gasteiger partial charge in [0.1, 0.15) is 24.9 Å². The van der Waals surface area contributed by atoms with Gasteiger partial charge in [0.05, 0.1) is 0 Å². The first kappa shape index (κ1) is 73.2. The molecule has 1 aliphatic rings. The molecule has 0 radical (unpaired) electrons. The molecule has 1 fully saturated rings. The van der Waals surface area contributed by atoms with E-state index in [1.54, 1.807) is 0 Å². The summed E-state index contributed by atoms with van der Waals surface area (Å²) in [6.07, 6.45) is 43.3. The molecule has 1 heterocycles. The minimum atomic E-state index is -0.997. The fourth-order valence-corrected chi connectivity index (χ4v) is 10.7. The molecule has 78 heavy (non-hydrogen) atoms. The van der Waals surface area contributed by atoms with Gasteiger partial charge in [-0.15, -0.1) is 0 Å². The number of unbranched alkanes of at least 4 members (excludes halogenated alkanes) is 29. The van der Waals surface area contributed by atoms with Crippen molar-refractivity contribution in [1.82, 2.24) is 4.90 Å². The first-order valence-corrected chi connectivity index (χ1v) is 32.8. The van der Waals surface area contributed by atoms with Crippen molar-refractivity contribution in [2.75, 3.05) is 32.8 Å². The van der Waals surface area contributed by atoms with Crippen molar-refractivity contribution in [3.63, 3.8) is 0 Å². The summed E-state index contributed by atoms with van der Waals surface area (Å²) in [6, 6.07) is 0. The van der Waals surface area contributed by atoms with Gasteiger partial charge >= 0.3 is 29.8 Å². The zero-order valence-electron chi connectivity index (χ0n) is 51.5. The van der Waals surface area contributed by atoms with Crippen molar-refractivity contribution < 1.29 is 57.1 Å². The average molecular weight is 1110 g/mol. The van der Waals surface area contributed by atoms with Crippen molar-refractivity contribution in [1.29, 1.82) is 0 Å². The molecule has 1 saturated heterocycles. The fourth-order valence-electron chi connectivity index (χ4n) is 10.7. The maximum Gasteiger partial charge on any atom is 0.306 e. The average Bonchev–Trinajstić information content (AvgIpc) is 3.72. The Morgan fingerprint density at radius 3 is 1.10 bits per heavy atom. The highest BCUT2D eigenvalue weighted by atomic mass is 16.7. The molecule has 0 unspecified atom stereocenters. The zero-order valence-corrected chi connectivity index (χ0v) is 51.5. The van der Waals surface area contributed by atoms with E-state index in [2.05, 4.69) is 32.6 Å². The Hall–Kier alpha value is -2.77. The Balaban J connectivity index is 2.72. The number of carbonyl (C=O) groups excluding carboxylic acids is 5. The molecule has 4 atom stereocenters. The molecule has 1 rings (SSSR count). The van der Waals surface area contributed by atoms with Crippen LogP contribution >= 0.6 is 0 Å². The summed E-state index contributed by atoms with van der Waals surface area (Å²) in [5.41, 5.74) is 0. The summed E-state index contributed by atoms with van der Waals surface area (Å²) < 4.78 is 40.5. The molecule has 0 aromatic heterocycles. The van der Waals surface area contributed by atoms with Crippen molar-refractivity contribution >= 4 is 29.8 Å². The Kier molecular flexibility index (Phi) is 49.1. The number of hydrogen-bond acceptors (Lipinski definition) is 13. The molecule has 0 aromatic rings.